The van der Waals surface area contributed by atoms with E-state index < -0.39 is 0 Å². The number of benzene rings is 1. The van der Waals surface area contributed by atoms with Crippen LogP contribution in [0.4, 0.5) is 5.69 Å². The fourth-order valence-corrected chi connectivity index (χ4v) is 0.949. The summed E-state index contributed by atoms with van der Waals surface area (Å²) >= 11 is 5.51. The monoisotopic (exact) mass is 157 g/mol. The fourth-order valence-electron chi connectivity index (χ4n) is 0.716. The molecule has 0 aliphatic carbocycles. The number of hydrogen-bond donors (Lipinski definition) is 2. The van der Waals surface area contributed by atoms with E-state index in [0.29, 0.717) is 11.6 Å². The van der Waals surface area contributed by atoms with Gasteiger partial charge in [-0.1, -0.05) is 12.1 Å². The largest absolute Gasteiger partial charge is 0.506 e. The summed E-state index contributed by atoms with van der Waals surface area (Å²) in [5, 5.41) is 9.05. The van der Waals surface area contributed by atoms with Gasteiger partial charge in [0.25, 0.3) is 0 Å². The molecule has 0 aromatic heterocycles. The highest BCUT2D eigenvalue weighted by Gasteiger charge is 1.99. The molecule has 0 bridgehead atoms. The summed E-state index contributed by atoms with van der Waals surface area (Å²) in [5.74, 6) is 0.429. The van der Waals surface area contributed by atoms with E-state index in [1.165, 1.54) is 6.07 Å². The molecule has 0 atom stereocenters. The number of aromatic hydroxyl groups is 1. The van der Waals surface area contributed by atoms with Crippen molar-refractivity contribution in [2.24, 2.45) is 0 Å². The number of nitrogen functional groups attached to an aromatic ring is 1. The lowest BCUT2D eigenvalue weighted by atomic mass is 10.2. The molecule has 0 radical (unpaired) electrons. The molecule has 3 heteroatoms. The highest BCUT2D eigenvalue weighted by atomic mass is 35.5. The minimum absolute atomic E-state index is 0.0955. The van der Waals surface area contributed by atoms with Crippen molar-refractivity contribution in [2.45, 2.75) is 5.88 Å². The number of halogens is 1. The predicted octanol–water partition coefficient (Wildman–Crippen LogP) is 1.71. The van der Waals surface area contributed by atoms with Crippen LogP contribution >= 0.6 is 11.6 Å². The van der Waals surface area contributed by atoms with Gasteiger partial charge in [0.1, 0.15) is 5.75 Å². The van der Waals surface area contributed by atoms with Crippen LogP contribution in [0.25, 0.3) is 0 Å². The van der Waals surface area contributed by atoms with E-state index in [9.17, 15) is 0 Å². The Morgan fingerprint density at radius 3 is 2.70 bits per heavy atom. The molecular weight excluding hydrogens is 150 g/mol. The Balaban J connectivity index is 3.14. The number of hydrogen-bond acceptors (Lipinski definition) is 2. The zero-order chi connectivity index (χ0) is 7.56. The Morgan fingerprint density at radius 2 is 2.20 bits per heavy atom. The fraction of sp³-hybridized carbons (Fsp3) is 0.143. The van der Waals surface area contributed by atoms with Gasteiger partial charge < -0.3 is 10.8 Å². The molecule has 1 aromatic carbocycles. The molecule has 0 saturated carbocycles. The van der Waals surface area contributed by atoms with E-state index in [0.717, 1.165) is 5.56 Å². The van der Waals surface area contributed by atoms with Crippen molar-refractivity contribution in [2.75, 3.05) is 5.73 Å². The van der Waals surface area contributed by atoms with Gasteiger partial charge in [-0.25, -0.2) is 0 Å². The summed E-state index contributed by atoms with van der Waals surface area (Å²) in [6.45, 7) is 0. The van der Waals surface area contributed by atoms with E-state index in [1.54, 1.807) is 12.1 Å². The van der Waals surface area contributed by atoms with Crippen molar-refractivity contribution in [3.05, 3.63) is 23.8 Å². The third kappa shape index (κ3) is 1.16. The first kappa shape index (κ1) is 7.22. The summed E-state index contributed by atoms with van der Waals surface area (Å²) < 4.78 is 0. The number of alkyl halides is 1. The van der Waals surface area contributed by atoms with Gasteiger partial charge >= 0.3 is 0 Å². The number of phenols is 1. The standard InChI is InChI=1S/C7H8ClNO/c8-4-5-2-1-3-6(10)7(5)9/h1-3,10H,4,9H2. The maximum atomic E-state index is 9.05. The summed E-state index contributed by atoms with van der Waals surface area (Å²) in [7, 11) is 0. The van der Waals surface area contributed by atoms with Gasteiger partial charge in [0.15, 0.2) is 0 Å². The number of para-hydroxylation sites is 1. The molecule has 10 heavy (non-hydrogen) atoms. The van der Waals surface area contributed by atoms with Crippen LogP contribution in [0.15, 0.2) is 18.2 Å². The number of anilines is 1. The molecule has 2 nitrogen and oxygen atoms in total. The van der Waals surface area contributed by atoms with Crippen LogP contribution in [0.5, 0.6) is 5.75 Å². The third-order valence-electron chi connectivity index (χ3n) is 1.32. The molecule has 0 aliphatic heterocycles. The maximum Gasteiger partial charge on any atom is 0.138 e. The zero-order valence-corrected chi connectivity index (χ0v) is 6.10. The van der Waals surface area contributed by atoms with Crippen molar-refractivity contribution < 1.29 is 5.11 Å². The lowest BCUT2D eigenvalue weighted by Gasteiger charge is -2.01. The van der Waals surface area contributed by atoms with Gasteiger partial charge in [0.05, 0.1) is 5.69 Å². The van der Waals surface area contributed by atoms with Gasteiger partial charge in [0.2, 0.25) is 0 Å². The molecule has 0 fully saturated rings. The normalized spacial score (nSPS) is 9.70. The maximum absolute atomic E-state index is 9.05. The Hall–Kier alpha value is -0.890. The second-order valence-electron chi connectivity index (χ2n) is 1.98. The van der Waals surface area contributed by atoms with Gasteiger partial charge in [-0.3, -0.25) is 0 Å². The Morgan fingerprint density at radius 1 is 1.50 bits per heavy atom. The molecular formula is C7H8ClNO. The number of phenolic OH excluding ortho intramolecular Hbond substituents is 1. The minimum atomic E-state index is 0.0955. The van der Waals surface area contributed by atoms with Gasteiger partial charge in [-0.15, -0.1) is 11.6 Å². The van der Waals surface area contributed by atoms with Crippen molar-refractivity contribution in [3.63, 3.8) is 0 Å². The van der Waals surface area contributed by atoms with E-state index in [2.05, 4.69) is 0 Å². The lowest BCUT2D eigenvalue weighted by Crippen LogP contribution is -1.91. The second-order valence-corrected chi connectivity index (χ2v) is 2.25. The average molecular weight is 158 g/mol. The topological polar surface area (TPSA) is 46.2 Å². The first-order valence-corrected chi connectivity index (χ1v) is 3.41. The predicted molar refractivity (Wildman–Crippen MR) is 42.1 cm³/mol. The van der Waals surface area contributed by atoms with Crippen LogP contribution in [0.2, 0.25) is 0 Å². The molecule has 0 aliphatic rings. The average Bonchev–Trinajstić information content (AvgIpc) is 1.95. The molecule has 0 spiro atoms. The van der Waals surface area contributed by atoms with E-state index in [1.807, 2.05) is 0 Å². The molecule has 3 N–H and O–H groups in total. The summed E-state index contributed by atoms with van der Waals surface area (Å²) in [6, 6.07) is 5.02. The van der Waals surface area contributed by atoms with E-state index in [4.69, 9.17) is 22.4 Å². The molecule has 1 aromatic rings. The van der Waals surface area contributed by atoms with Crippen LogP contribution in [-0.2, 0) is 5.88 Å². The highest BCUT2D eigenvalue weighted by molar-refractivity contribution is 6.17. The van der Waals surface area contributed by atoms with Crippen molar-refractivity contribution in [3.8, 4) is 5.75 Å². The summed E-state index contributed by atoms with van der Waals surface area (Å²) in [5.41, 5.74) is 6.60. The van der Waals surface area contributed by atoms with Crippen LogP contribution in [-0.4, -0.2) is 5.11 Å². The molecule has 1 rings (SSSR count). The zero-order valence-electron chi connectivity index (χ0n) is 5.34. The SMILES string of the molecule is Nc1c(O)cccc1CCl. The second kappa shape index (κ2) is 2.80. The van der Waals surface area contributed by atoms with Crippen LogP contribution < -0.4 is 5.73 Å². The lowest BCUT2D eigenvalue weighted by molar-refractivity contribution is 0.477. The van der Waals surface area contributed by atoms with Crippen molar-refractivity contribution in [1.29, 1.82) is 0 Å². The third-order valence-corrected chi connectivity index (χ3v) is 1.61. The first-order valence-electron chi connectivity index (χ1n) is 2.88. The van der Waals surface area contributed by atoms with Crippen molar-refractivity contribution in [1.82, 2.24) is 0 Å². The summed E-state index contributed by atoms with van der Waals surface area (Å²) in [4.78, 5) is 0. The Labute approximate surface area is 64.2 Å². The van der Waals surface area contributed by atoms with E-state index in [-0.39, 0.29) is 5.75 Å². The first-order chi connectivity index (χ1) is 4.75. The molecule has 0 heterocycles. The van der Waals surface area contributed by atoms with Gasteiger partial charge in [0, 0.05) is 5.88 Å². The quantitative estimate of drug-likeness (QED) is 0.371. The molecule has 0 unspecified atom stereocenters. The van der Waals surface area contributed by atoms with Crippen LogP contribution in [0.1, 0.15) is 5.56 Å². The van der Waals surface area contributed by atoms with E-state index >= 15 is 0 Å². The summed E-state index contributed by atoms with van der Waals surface area (Å²) in [6.07, 6.45) is 0. The van der Waals surface area contributed by atoms with Gasteiger partial charge in [-0.05, 0) is 11.6 Å². The molecule has 54 valence electrons. The minimum Gasteiger partial charge on any atom is -0.506 e. The van der Waals surface area contributed by atoms with Gasteiger partial charge in [-0.2, -0.15) is 0 Å². The number of nitrogens with two attached hydrogens (primary N) is 1. The Bertz CT molecular complexity index is 237. The highest BCUT2D eigenvalue weighted by Crippen LogP contribution is 2.24. The van der Waals surface area contributed by atoms with Crippen LogP contribution in [0.3, 0.4) is 0 Å². The smallest absolute Gasteiger partial charge is 0.138 e. The molecule has 0 amide bonds. The molecule has 0 saturated heterocycles. The van der Waals surface area contributed by atoms with Crippen LogP contribution in [0, 0.1) is 0 Å². The van der Waals surface area contributed by atoms with Crippen molar-refractivity contribution >= 4 is 17.3 Å². The Kier molecular flexibility index (Phi) is 2.02. The number of rotatable bonds is 1.